The van der Waals surface area contributed by atoms with Crippen molar-refractivity contribution < 1.29 is 13.2 Å². The number of nitrogens with one attached hydrogen (secondary N) is 1. The van der Waals surface area contributed by atoms with E-state index in [2.05, 4.69) is 31.3 Å². The van der Waals surface area contributed by atoms with E-state index in [0.29, 0.717) is 12.5 Å². The van der Waals surface area contributed by atoms with Crippen molar-refractivity contribution in [2.45, 2.75) is 82.5 Å². The molecule has 4 bridgehead atoms. The Hall–Kier alpha value is -1.52. The van der Waals surface area contributed by atoms with Gasteiger partial charge < -0.3 is 5.32 Å². The molecule has 33 heavy (non-hydrogen) atoms. The van der Waals surface area contributed by atoms with E-state index in [1.165, 1.54) is 56.2 Å². The fourth-order valence-corrected chi connectivity index (χ4v) is 8.00. The molecule has 0 saturated heterocycles. The smallest absolute Gasteiger partial charge is 0.311 e. The zero-order valence-corrected chi connectivity index (χ0v) is 20.1. The van der Waals surface area contributed by atoms with Crippen LogP contribution in [0.3, 0.4) is 0 Å². The lowest BCUT2D eigenvalue weighted by Gasteiger charge is -2.64. The Morgan fingerprint density at radius 2 is 1.67 bits per heavy atom. The maximum Gasteiger partial charge on any atom is 0.416 e. The lowest BCUT2D eigenvalue weighted by Crippen LogP contribution is -2.60. The first kappa shape index (κ1) is 23.2. The Bertz CT molecular complexity index is 985. The Labute approximate surface area is 200 Å². The molecular weight excluding hydrogens is 443 g/mol. The molecule has 0 radical (unpaired) electrons. The molecule has 2 aromatic rings. The number of hydrogen-bond donors (Lipinski definition) is 1. The SMILES string of the molecule is CC(Cc1cccc(C(F)(F)F)c1)NC(C)C12CC3CC(CC(c4ccc(Cl)cc4)(C3)C1)C2. The third-order valence-electron chi connectivity index (χ3n) is 8.81. The van der Waals surface area contributed by atoms with E-state index >= 15 is 0 Å². The molecule has 1 nitrogen and oxygen atoms in total. The van der Waals surface area contributed by atoms with E-state index < -0.39 is 11.7 Å². The first-order chi connectivity index (χ1) is 15.6. The van der Waals surface area contributed by atoms with Crippen LogP contribution in [0.4, 0.5) is 13.2 Å². The zero-order valence-electron chi connectivity index (χ0n) is 19.4. The molecule has 0 aromatic heterocycles. The minimum Gasteiger partial charge on any atom is -0.311 e. The summed E-state index contributed by atoms with van der Waals surface area (Å²) in [6.07, 6.45) is 3.93. The normalized spacial score (nSPS) is 32.7. The average molecular weight is 476 g/mol. The molecule has 4 atom stereocenters. The van der Waals surface area contributed by atoms with Gasteiger partial charge in [0, 0.05) is 17.1 Å². The summed E-state index contributed by atoms with van der Waals surface area (Å²) < 4.78 is 39.3. The van der Waals surface area contributed by atoms with E-state index in [9.17, 15) is 13.2 Å². The molecule has 4 saturated carbocycles. The number of halogens is 4. The zero-order chi connectivity index (χ0) is 23.4. The molecule has 4 fully saturated rings. The van der Waals surface area contributed by atoms with Crippen molar-refractivity contribution in [3.05, 3.63) is 70.2 Å². The van der Waals surface area contributed by atoms with Gasteiger partial charge in [-0.1, -0.05) is 41.9 Å². The van der Waals surface area contributed by atoms with Crippen LogP contribution in [0, 0.1) is 17.3 Å². The summed E-state index contributed by atoms with van der Waals surface area (Å²) in [6, 6.07) is 14.7. The summed E-state index contributed by atoms with van der Waals surface area (Å²) in [4.78, 5) is 0. The van der Waals surface area contributed by atoms with Crippen LogP contribution >= 0.6 is 11.6 Å². The number of rotatable bonds is 6. The van der Waals surface area contributed by atoms with Gasteiger partial charge in [0.15, 0.2) is 0 Å². The van der Waals surface area contributed by atoms with E-state index in [4.69, 9.17) is 11.6 Å². The molecule has 1 N–H and O–H groups in total. The minimum absolute atomic E-state index is 0.114. The second-order valence-corrected chi connectivity index (χ2v) is 11.7. The molecule has 0 amide bonds. The number of alkyl halides is 3. The Kier molecular flexibility index (Phi) is 5.85. The second kappa shape index (κ2) is 8.30. The Balaban J connectivity index is 1.32. The fourth-order valence-electron chi connectivity index (χ4n) is 7.87. The summed E-state index contributed by atoms with van der Waals surface area (Å²) in [5, 5.41) is 4.61. The van der Waals surface area contributed by atoms with Gasteiger partial charge in [-0.3, -0.25) is 0 Å². The van der Waals surface area contributed by atoms with Crippen molar-refractivity contribution in [2.75, 3.05) is 0 Å². The molecule has 0 aliphatic heterocycles. The molecule has 5 heteroatoms. The molecule has 4 aliphatic carbocycles. The summed E-state index contributed by atoms with van der Waals surface area (Å²) in [7, 11) is 0. The highest BCUT2D eigenvalue weighted by molar-refractivity contribution is 6.30. The van der Waals surface area contributed by atoms with Crippen molar-refractivity contribution in [3.63, 3.8) is 0 Å². The van der Waals surface area contributed by atoms with E-state index in [1.807, 2.05) is 12.1 Å². The van der Waals surface area contributed by atoms with Gasteiger partial charge in [-0.05, 0) is 111 Å². The van der Waals surface area contributed by atoms with Crippen molar-refractivity contribution in [1.82, 2.24) is 5.32 Å². The topological polar surface area (TPSA) is 12.0 Å². The summed E-state index contributed by atoms with van der Waals surface area (Å²) in [6.45, 7) is 4.41. The minimum atomic E-state index is -4.30. The monoisotopic (exact) mass is 475 g/mol. The molecule has 2 aromatic carbocycles. The third kappa shape index (κ3) is 4.46. The second-order valence-electron chi connectivity index (χ2n) is 11.3. The van der Waals surface area contributed by atoms with Crippen LogP contribution in [0.2, 0.25) is 5.02 Å². The van der Waals surface area contributed by atoms with Crippen LogP contribution in [0.15, 0.2) is 48.5 Å². The van der Waals surface area contributed by atoms with Crippen LogP contribution in [0.1, 0.15) is 69.1 Å². The standard InChI is InChI=1S/C28H33ClF3N/c1-18(10-20-4-3-5-24(12-20)28(30,31)32)33-19(2)26-13-21-11-22(14-26)16-27(15-21,17-26)23-6-8-25(29)9-7-23/h3-9,12,18-19,21-22,33H,10-11,13-17H2,1-2H3. The fraction of sp³-hybridized carbons (Fsp3) is 0.571. The van der Waals surface area contributed by atoms with Crippen molar-refractivity contribution >= 4 is 11.6 Å². The van der Waals surface area contributed by atoms with Gasteiger partial charge in [-0.25, -0.2) is 0 Å². The highest BCUT2D eigenvalue weighted by atomic mass is 35.5. The van der Waals surface area contributed by atoms with Crippen LogP contribution in [-0.2, 0) is 18.0 Å². The van der Waals surface area contributed by atoms with Gasteiger partial charge in [-0.15, -0.1) is 0 Å². The lowest BCUT2D eigenvalue weighted by molar-refractivity contribution is -0.137. The van der Waals surface area contributed by atoms with Crippen molar-refractivity contribution in [3.8, 4) is 0 Å². The third-order valence-corrected chi connectivity index (χ3v) is 9.06. The van der Waals surface area contributed by atoms with Gasteiger partial charge in [-0.2, -0.15) is 13.2 Å². The average Bonchev–Trinajstić information content (AvgIpc) is 2.72. The first-order valence-electron chi connectivity index (χ1n) is 12.3. The van der Waals surface area contributed by atoms with Gasteiger partial charge in [0.05, 0.1) is 5.56 Å². The van der Waals surface area contributed by atoms with Gasteiger partial charge in [0.2, 0.25) is 0 Å². The molecule has 0 spiro atoms. The van der Waals surface area contributed by atoms with Crippen LogP contribution in [0.5, 0.6) is 0 Å². The maximum atomic E-state index is 13.1. The summed E-state index contributed by atoms with van der Waals surface area (Å²) >= 11 is 6.18. The molecule has 178 valence electrons. The molecule has 4 aliphatic rings. The summed E-state index contributed by atoms with van der Waals surface area (Å²) in [5.74, 6) is 1.54. The van der Waals surface area contributed by atoms with E-state index in [1.54, 1.807) is 6.07 Å². The van der Waals surface area contributed by atoms with Crippen molar-refractivity contribution in [1.29, 1.82) is 0 Å². The van der Waals surface area contributed by atoms with Crippen LogP contribution < -0.4 is 5.32 Å². The highest BCUT2D eigenvalue weighted by Crippen LogP contribution is 2.66. The van der Waals surface area contributed by atoms with Gasteiger partial charge >= 0.3 is 6.18 Å². The number of hydrogen-bond acceptors (Lipinski definition) is 1. The quantitative estimate of drug-likeness (QED) is 0.449. The van der Waals surface area contributed by atoms with Gasteiger partial charge in [0.25, 0.3) is 0 Å². The molecule has 6 rings (SSSR count). The predicted octanol–water partition coefficient (Wildman–Crippen LogP) is 7.81. The number of benzene rings is 2. The lowest BCUT2D eigenvalue weighted by atomic mass is 9.41. The van der Waals surface area contributed by atoms with Crippen LogP contribution in [-0.4, -0.2) is 12.1 Å². The van der Waals surface area contributed by atoms with E-state index in [0.717, 1.165) is 28.5 Å². The Morgan fingerprint density at radius 3 is 2.30 bits per heavy atom. The largest absolute Gasteiger partial charge is 0.416 e. The maximum absolute atomic E-state index is 13.1. The highest BCUT2D eigenvalue weighted by Gasteiger charge is 2.59. The molecule has 4 unspecified atom stereocenters. The summed E-state index contributed by atoms with van der Waals surface area (Å²) in [5.41, 5.74) is 2.11. The van der Waals surface area contributed by atoms with Gasteiger partial charge in [0.1, 0.15) is 0 Å². The Morgan fingerprint density at radius 1 is 1.00 bits per heavy atom. The van der Waals surface area contributed by atoms with E-state index in [-0.39, 0.29) is 16.9 Å². The first-order valence-corrected chi connectivity index (χ1v) is 12.6. The molecular formula is C28H33ClF3N. The predicted molar refractivity (Wildman–Crippen MR) is 127 cm³/mol. The van der Waals surface area contributed by atoms with Crippen LogP contribution in [0.25, 0.3) is 0 Å². The molecule has 0 heterocycles. The van der Waals surface area contributed by atoms with Crippen molar-refractivity contribution in [2.24, 2.45) is 17.3 Å².